The van der Waals surface area contributed by atoms with Crippen LogP contribution in [0, 0.1) is 0 Å². The number of aromatic nitrogens is 4. The van der Waals surface area contributed by atoms with Crippen LogP contribution in [0.15, 0.2) is 174 Å². The van der Waals surface area contributed by atoms with Gasteiger partial charge in [-0.2, -0.15) is 0 Å². The van der Waals surface area contributed by atoms with Crippen LogP contribution < -0.4 is 0 Å². The number of rotatable bonds is 4. The molecule has 8 aromatic carbocycles. The molecule has 0 spiro atoms. The van der Waals surface area contributed by atoms with Gasteiger partial charge < -0.3 is 8.98 Å². The van der Waals surface area contributed by atoms with E-state index < -0.39 is 0 Å². The molecule has 6 heteroatoms. The van der Waals surface area contributed by atoms with Crippen molar-refractivity contribution in [2.24, 2.45) is 0 Å². The highest BCUT2D eigenvalue weighted by Crippen LogP contribution is 2.43. The molecule has 12 rings (SSSR count). The first-order chi connectivity index (χ1) is 27.2. The van der Waals surface area contributed by atoms with Gasteiger partial charge in [0.25, 0.3) is 0 Å². The van der Waals surface area contributed by atoms with E-state index in [1.54, 1.807) is 0 Å². The average Bonchev–Trinajstić information content (AvgIpc) is 3.91. The molecule has 0 amide bonds. The topological polar surface area (TPSA) is 56.7 Å². The van der Waals surface area contributed by atoms with Crippen LogP contribution in [0.3, 0.4) is 0 Å². The van der Waals surface area contributed by atoms with E-state index in [1.807, 2.05) is 72.0 Å². The monoisotopic (exact) mass is 720 g/mol. The van der Waals surface area contributed by atoms with Gasteiger partial charge in [0.05, 0.1) is 11.0 Å². The summed E-state index contributed by atoms with van der Waals surface area (Å²) >= 11 is 1.85. The molecule has 55 heavy (non-hydrogen) atoms. The largest absolute Gasteiger partial charge is 0.455 e. The number of nitrogens with zero attached hydrogens (tertiary/aromatic N) is 4. The van der Waals surface area contributed by atoms with E-state index in [2.05, 4.69) is 114 Å². The summed E-state index contributed by atoms with van der Waals surface area (Å²) in [6.07, 6.45) is 0. The molecule has 256 valence electrons. The van der Waals surface area contributed by atoms with Gasteiger partial charge in [-0.1, -0.05) is 121 Å². The molecule has 0 bridgehead atoms. The van der Waals surface area contributed by atoms with Crippen LogP contribution in [0.4, 0.5) is 0 Å². The molecule has 0 unspecified atom stereocenters. The quantitative estimate of drug-likeness (QED) is 0.182. The first-order valence-electron chi connectivity index (χ1n) is 18.4. The zero-order valence-electron chi connectivity index (χ0n) is 29.3. The summed E-state index contributed by atoms with van der Waals surface area (Å²) in [5, 5.41) is 9.18. The maximum atomic E-state index is 6.85. The Kier molecular flexibility index (Phi) is 6.44. The molecule has 4 heterocycles. The molecule has 0 aliphatic rings. The molecule has 4 aromatic heterocycles. The summed E-state index contributed by atoms with van der Waals surface area (Å²) in [5.41, 5.74) is 7.89. The van der Waals surface area contributed by atoms with Gasteiger partial charge in [0, 0.05) is 75.5 Å². The Morgan fingerprint density at radius 2 is 1.04 bits per heavy atom. The zero-order valence-corrected chi connectivity index (χ0v) is 30.1. The van der Waals surface area contributed by atoms with E-state index in [-0.39, 0.29) is 0 Å². The Bertz CT molecular complexity index is 3430. The Hall–Kier alpha value is -7.15. The fraction of sp³-hybridized carbons (Fsp3) is 0. The Labute approximate surface area is 318 Å². The summed E-state index contributed by atoms with van der Waals surface area (Å²) in [7, 11) is 0. The Morgan fingerprint density at radius 1 is 0.400 bits per heavy atom. The lowest BCUT2D eigenvalue weighted by molar-refractivity contribution is 0.672. The predicted octanol–water partition coefficient (Wildman–Crippen LogP) is 13.4. The smallest absolute Gasteiger partial charge is 0.164 e. The van der Waals surface area contributed by atoms with Crippen molar-refractivity contribution >= 4 is 86.0 Å². The van der Waals surface area contributed by atoms with E-state index in [4.69, 9.17) is 19.4 Å². The van der Waals surface area contributed by atoms with Gasteiger partial charge >= 0.3 is 0 Å². The number of para-hydroxylation sites is 1. The van der Waals surface area contributed by atoms with Crippen molar-refractivity contribution in [3.8, 4) is 39.9 Å². The van der Waals surface area contributed by atoms with Crippen molar-refractivity contribution in [3.63, 3.8) is 0 Å². The SMILES string of the molecule is c1ccc(-c2nc(-c3ccccc3)nc(-c3cc4c5ccc(-n6c7ccccc7c7cc8c(cc76)sc6ccccc68)cc5oc4c4ccccc34)n2)cc1. The van der Waals surface area contributed by atoms with Gasteiger partial charge in [0.1, 0.15) is 11.2 Å². The number of thiophene rings is 1. The molecule has 0 radical (unpaired) electrons. The molecule has 12 aromatic rings. The second-order valence-electron chi connectivity index (χ2n) is 14.0. The second kappa shape index (κ2) is 11.7. The first kappa shape index (κ1) is 30.3. The standard InChI is InChI=1S/C49H28N4OS/c1-3-13-29(14-4-1)47-50-48(30-15-5-2-6-16-30)52-49(51-47)40-27-39-34-24-23-31(25-43(34)54-46(39)36-20-8-7-17-32(36)40)53-41-21-11-9-18-33(41)37-26-38-35-19-10-12-22-44(35)55-45(38)28-42(37)53/h1-28H. The van der Waals surface area contributed by atoms with Gasteiger partial charge in [-0.3, -0.25) is 0 Å². The lowest BCUT2D eigenvalue weighted by Crippen LogP contribution is -2.00. The molecule has 0 aliphatic carbocycles. The van der Waals surface area contributed by atoms with Crippen LogP contribution in [0.2, 0.25) is 0 Å². The summed E-state index contributed by atoms with van der Waals surface area (Å²) in [5.74, 6) is 1.89. The van der Waals surface area contributed by atoms with E-state index in [0.717, 1.165) is 55.1 Å². The molecular formula is C49H28N4OS. The molecule has 0 saturated heterocycles. The van der Waals surface area contributed by atoms with Crippen molar-refractivity contribution in [2.75, 3.05) is 0 Å². The molecule has 0 aliphatic heterocycles. The van der Waals surface area contributed by atoms with Gasteiger partial charge in [0.2, 0.25) is 0 Å². The Balaban J connectivity index is 1.09. The summed E-state index contributed by atoms with van der Waals surface area (Å²) in [6, 6.07) is 59.5. The second-order valence-corrected chi connectivity index (χ2v) is 15.1. The normalized spacial score (nSPS) is 12.0. The van der Waals surface area contributed by atoms with Gasteiger partial charge in [0.15, 0.2) is 17.5 Å². The summed E-state index contributed by atoms with van der Waals surface area (Å²) in [6.45, 7) is 0. The average molecular weight is 721 g/mol. The fourth-order valence-corrected chi connectivity index (χ4v) is 9.43. The molecule has 0 fully saturated rings. The highest BCUT2D eigenvalue weighted by molar-refractivity contribution is 7.25. The fourth-order valence-electron chi connectivity index (χ4n) is 8.31. The van der Waals surface area contributed by atoms with Crippen LogP contribution >= 0.6 is 11.3 Å². The minimum absolute atomic E-state index is 0.620. The summed E-state index contributed by atoms with van der Waals surface area (Å²) < 4.78 is 11.8. The predicted molar refractivity (Wildman–Crippen MR) is 228 cm³/mol. The van der Waals surface area contributed by atoms with Crippen molar-refractivity contribution in [3.05, 3.63) is 170 Å². The number of hydrogen-bond acceptors (Lipinski definition) is 5. The van der Waals surface area contributed by atoms with E-state index in [1.165, 1.54) is 42.0 Å². The lowest BCUT2D eigenvalue weighted by Gasteiger charge is -2.11. The summed E-state index contributed by atoms with van der Waals surface area (Å²) in [4.78, 5) is 15.2. The number of fused-ring (bicyclic) bond motifs is 11. The lowest BCUT2D eigenvalue weighted by atomic mass is 9.99. The van der Waals surface area contributed by atoms with Crippen molar-refractivity contribution in [1.82, 2.24) is 19.5 Å². The number of furan rings is 1. The van der Waals surface area contributed by atoms with Crippen LogP contribution in [0.25, 0.3) is 115 Å². The van der Waals surface area contributed by atoms with Crippen LogP contribution in [-0.2, 0) is 0 Å². The Morgan fingerprint density at radius 3 is 1.80 bits per heavy atom. The van der Waals surface area contributed by atoms with Crippen LogP contribution in [0.5, 0.6) is 0 Å². The highest BCUT2D eigenvalue weighted by atomic mass is 32.1. The third-order valence-electron chi connectivity index (χ3n) is 10.8. The molecule has 5 nitrogen and oxygen atoms in total. The van der Waals surface area contributed by atoms with Gasteiger partial charge in [-0.05, 0) is 47.9 Å². The van der Waals surface area contributed by atoms with Crippen LogP contribution in [0.1, 0.15) is 0 Å². The van der Waals surface area contributed by atoms with Crippen molar-refractivity contribution in [1.29, 1.82) is 0 Å². The third kappa shape index (κ3) is 4.62. The van der Waals surface area contributed by atoms with E-state index in [9.17, 15) is 0 Å². The first-order valence-corrected chi connectivity index (χ1v) is 19.2. The third-order valence-corrected chi connectivity index (χ3v) is 12.0. The highest BCUT2D eigenvalue weighted by Gasteiger charge is 2.21. The molecular weight excluding hydrogens is 693 g/mol. The van der Waals surface area contributed by atoms with Crippen LogP contribution in [-0.4, -0.2) is 19.5 Å². The number of hydrogen-bond donors (Lipinski definition) is 0. The minimum Gasteiger partial charge on any atom is -0.455 e. The minimum atomic E-state index is 0.620. The van der Waals surface area contributed by atoms with Gasteiger partial charge in [-0.25, -0.2) is 15.0 Å². The van der Waals surface area contributed by atoms with E-state index in [0.29, 0.717) is 17.5 Å². The zero-order chi connectivity index (χ0) is 36.0. The van der Waals surface area contributed by atoms with E-state index >= 15 is 0 Å². The molecule has 0 N–H and O–H groups in total. The van der Waals surface area contributed by atoms with Gasteiger partial charge in [-0.15, -0.1) is 11.3 Å². The van der Waals surface area contributed by atoms with Crippen molar-refractivity contribution < 1.29 is 4.42 Å². The molecule has 0 atom stereocenters. The maximum Gasteiger partial charge on any atom is 0.164 e. The number of benzene rings is 8. The van der Waals surface area contributed by atoms with Crippen molar-refractivity contribution in [2.45, 2.75) is 0 Å². The maximum absolute atomic E-state index is 6.85. The molecule has 0 saturated carbocycles.